The summed E-state index contributed by atoms with van der Waals surface area (Å²) in [6, 6.07) is 4.99. The van der Waals surface area contributed by atoms with Gasteiger partial charge in [0.15, 0.2) is 5.69 Å². The molecule has 10 nitrogen and oxygen atoms in total. The van der Waals surface area contributed by atoms with Gasteiger partial charge in [0.25, 0.3) is 5.91 Å². The van der Waals surface area contributed by atoms with Gasteiger partial charge in [-0.3, -0.25) is 14.4 Å². The highest BCUT2D eigenvalue weighted by Crippen LogP contribution is 2.52. The predicted molar refractivity (Wildman–Crippen MR) is 193 cm³/mol. The quantitative estimate of drug-likeness (QED) is 0.284. The molecule has 2 atom stereocenters. The van der Waals surface area contributed by atoms with Crippen molar-refractivity contribution in [2.24, 2.45) is 0 Å². The Morgan fingerprint density at radius 3 is 2.63 bits per heavy atom. The molecule has 1 aromatic carbocycles. The minimum absolute atomic E-state index is 0.196. The first-order chi connectivity index (χ1) is 23.6. The number of ether oxygens (including phenoxy) is 1. The lowest BCUT2D eigenvalue weighted by Crippen LogP contribution is -2.27. The van der Waals surface area contributed by atoms with E-state index in [1.807, 2.05) is 22.5 Å². The summed E-state index contributed by atoms with van der Waals surface area (Å²) < 4.78 is 19.4. The van der Waals surface area contributed by atoms with E-state index in [4.69, 9.17) is 43.6 Å². The number of amides is 1. The fraction of sp³-hybridized carbons (Fsp3) is 0.543. The second-order valence-electron chi connectivity index (χ2n) is 13.8. The van der Waals surface area contributed by atoms with Gasteiger partial charge in [0.05, 0.1) is 36.4 Å². The van der Waals surface area contributed by atoms with E-state index in [9.17, 15) is 9.18 Å². The maximum atomic E-state index is 12.7. The molecule has 1 amide bonds. The lowest BCUT2D eigenvalue weighted by Gasteiger charge is -2.31. The van der Waals surface area contributed by atoms with Crippen molar-refractivity contribution >= 4 is 52.4 Å². The average Bonchev–Trinajstić information content (AvgIpc) is 3.66. The van der Waals surface area contributed by atoms with Gasteiger partial charge in [-0.1, -0.05) is 23.2 Å². The van der Waals surface area contributed by atoms with Crippen LogP contribution in [0.3, 0.4) is 0 Å². The van der Waals surface area contributed by atoms with E-state index < -0.39 is 0 Å². The maximum Gasteiger partial charge on any atom is 0.318 e. The highest BCUT2D eigenvalue weighted by Gasteiger charge is 2.36. The van der Waals surface area contributed by atoms with Gasteiger partial charge in [-0.25, -0.2) is 4.39 Å². The van der Waals surface area contributed by atoms with Crippen molar-refractivity contribution in [3.8, 4) is 6.01 Å². The van der Waals surface area contributed by atoms with Crippen molar-refractivity contribution in [2.75, 3.05) is 51.5 Å². The first-order valence-electron chi connectivity index (χ1n) is 17.0. The molecule has 5 aliphatic rings. The number of anilines is 2. The van der Waals surface area contributed by atoms with Crippen LogP contribution in [0.1, 0.15) is 88.3 Å². The number of rotatable bonds is 5. The summed E-state index contributed by atoms with van der Waals surface area (Å²) >= 11 is 15.3. The van der Waals surface area contributed by atoms with E-state index in [2.05, 4.69) is 21.0 Å². The van der Waals surface area contributed by atoms with Crippen molar-refractivity contribution in [3.63, 3.8) is 0 Å². The number of hydrogen-bond acceptors (Lipinski definition) is 9. The molecule has 262 valence electrons. The van der Waals surface area contributed by atoms with Crippen LogP contribution in [-0.4, -0.2) is 82.3 Å². The molecule has 3 fully saturated rings. The van der Waals surface area contributed by atoms with Gasteiger partial charge in [0.1, 0.15) is 5.82 Å². The van der Waals surface area contributed by atoms with E-state index >= 15 is 0 Å². The van der Waals surface area contributed by atoms with Crippen LogP contribution in [0.25, 0.3) is 0 Å². The average molecular weight is 730 g/mol. The van der Waals surface area contributed by atoms with E-state index in [0.29, 0.717) is 41.8 Å². The maximum absolute atomic E-state index is 12.7. The molecule has 1 saturated carbocycles. The zero-order valence-corrected chi connectivity index (χ0v) is 30.6. The number of hydrogen-bond donors (Lipinski definition) is 1. The number of nitrogens with two attached hydrogens (primary N) is 1. The zero-order valence-electron chi connectivity index (χ0n) is 28.2. The van der Waals surface area contributed by atoms with Crippen LogP contribution < -0.4 is 15.4 Å². The molecule has 8 rings (SSSR count). The molecule has 6 heterocycles. The first kappa shape index (κ1) is 34.4. The molecule has 1 aliphatic carbocycles. The molecule has 14 heteroatoms. The Morgan fingerprint density at radius 2 is 1.92 bits per heavy atom. The molecule has 0 bridgehead atoms. The Bertz CT molecular complexity index is 1770. The van der Waals surface area contributed by atoms with Crippen molar-refractivity contribution in [1.82, 2.24) is 29.5 Å². The summed E-state index contributed by atoms with van der Waals surface area (Å²) in [5.74, 6) is 1.91. The van der Waals surface area contributed by atoms with Gasteiger partial charge in [-0.05, 0) is 79.8 Å². The number of fused-ring (bicyclic) bond motifs is 3. The Hall–Kier alpha value is -3.06. The van der Waals surface area contributed by atoms with Crippen LogP contribution in [0.2, 0.25) is 10.0 Å². The SMILES string of the molecule is COc1nc2c(c(N3CCCn4nc(C(=O)N(C)C)c(Cl)c4C3)n1)CSC(c1cc(N)cc(Cl)c1C1CC1)C2.F/C=C1/CC2CCCN2C1. The lowest BCUT2D eigenvalue weighted by molar-refractivity contribution is 0.0821. The number of nitrogen functional groups attached to an aromatic ring is 1. The molecular weight excluding hydrogens is 686 g/mol. The third-order valence-electron chi connectivity index (χ3n) is 10.2. The standard InChI is InChI=1S/C27H31Cl2N7O2S.C8H12FN/c1-34(2)26(37)24-23(29)20-12-35(7-4-8-36(20)33-24)25-17-13-39-21(11-19(17)31-27(32-25)38-3)16-9-15(30)10-18(28)22(16)14-5-6-14;9-5-7-4-8-2-1-3-10(8)6-7/h9-10,14,21H,4-8,11-13,30H2,1-3H3;5,8H,1-4,6H2/b;7-5-. The third-order valence-corrected chi connectivity index (χ3v) is 12.1. The van der Waals surface area contributed by atoms with Gasteiger partial charge in [0, 0.05) is 73.5 Å². The Balaban J connectivity index is 0.000000322. The molecule has 0 spiro atoms. The fourth-order valence-electron chi connectivity index (χ4n) is 7.57. The summed E-state index contributed by atoms with van der Waals surface area (Å²) in [6.07, 6.45) is 8.27. The molecule has 2 saturated heterocycles. The number of halogens is 3. The van der Waals surface area contributed by atoms with Crippen molar-refractivity contribution in [1.29, 1.82) is 0 Å². The molecular formula is C35H43Cl2FN8O2S. The van der Waals surface area contributed by atoms with Crippen molar-refractivity contribution in [3.05, 3.63) is 67.9 Å². The predicted octanol–water partition coefficient (Wildman–Crippen LogP) is 6.80. The minimum Gasteiger partial charge on any atom is -0.467 e. The Morgan fingerprint density at radius 1 is 1.10 bits per heavy atom. The molecule has 49 heavy (non-hydrogen) atoms. The number of benzene rings is 1. The summed E-state index contributed by atoms with van der Waals surface area (Å²) in [4.78, 5) is 28.4. The molecule has 0 radical (unpaired) electrons. The van der Waals surface area contributed by atoms with E-state index in [1.165, 1.54) is 48.3 Å². The smallest absolute Gasteiger partial charge is 0.318 e. The third kappa shape index (κ3) is 6.98. The van der Waals surface area contributed by atoms with E-state index in [-0.39, 0.29) is 16.9 Å². The molecule has 4 aliphatic heterocycles. The van der Waals surface area contributed by atoms with Crippen LogP contribution in [0, 0.1) is 0 Å². The number of methoxy groups -OCH3 is 1. The zero-order chi connectivity index (χ0) is 34.4. The van der Waals surface area contributed by atoms with Gasteiger partial charge in [-0.15, -0.1) is 11.8 Å². The van der Waals surface area contributed by atoms with Crippen molar-refractivity contribution < 1.29 is 13.9 Å². The van der Waals surface area contributed by atoms with Crippen LogP contribution in [-0.2, 0) is 25.3 Å². The second-order valence-corrected chi connectivity index (χ2v) is 15.8. The topological polar surface area (TPSA) is 106 Å². The van der Waals surface area contributed by atoms with E-state index in [1.54, 1.807) is 21.2 Å². The number of nitrogens with zero attached hydrogens (tertiary/aromatic N) is 7. The summed E-state index contributed by atoms with van der Waals surface area (Å²) in [5.41, 5.74) is 13.6. The Labute approximate surface area is 301 Å². The van der Waals surface area contributed by atoms with Crippen LogP contribution >= 0.6 is 35.0 Å². The largest absolute Gasteiger partial charge is 0.467 e. The number of carbonyl (C=O) groups is 1. The highest BCUT2D eigenvalue weighted by molar-refractivity contribution is 7.98. The molecule has 2 unspecified atom stereocenters. The monoisotopic (exact) mass is 728 g/mol. The number of aryl methyl sites for hydroxylation is 1. The lowest BCUT2D eigenvalue weighted by atomic mass is 9.96. The molecule has 2 N–H and O–H groups in total. The van der Waals surface area contributed by atoms with Gasteiger partial charge < -0.3 is 20.3 Å². The number of aromatic nitrogens is 4. The first-order valence-corrected chi connectivity index (χ1v) is 18.8. The van der Waals surface area contributed by atoms with Crippen LogP contribution in [0.15, 0.2) is 24.0 Å². The molecule has 3 aromatic rings. The van der Waals surface area contributed by atoms with Gasteiger partial charge >= 0.3 is 6.01 Å². The second kappa shape index (κ2) is 14.3. The Kier molecular flexibility index (Phi) is 10.0. The highest BCUT2D eigenvalue weighted by atomic mass is 35.5. The normalized spacial score (nSPS) is 22.6. The van der Waals surface area contributed by atoms with Gasteiger partial charge in [-0.2, -0.15) is 15.1 Å². The number of thioether (sulfide) groups is 1. The summed E-state index contributed by atoms with van der Waals surface area (Å²) in [6.45, 7) is 4.01. The summed E-state index contributed by atoms with van der Waals surface area (Å²) in [5, 5.41) is 5.91. The molecule has 2 aromatic heterocycles. The number of carbonyl (C=O) groups excluding carboxylic acids is 1. The minimum atomic E-state index is -0.206. The fourth-order valence-corrected chi connectivity index (χ4v) is 9.54. The summed E-state index contributed by atoms with van der Waals surface area (Å²) in [7, 11) is 4.99. The van der Waals surface area contributed by atoms with Crippen LogP contribution in [0.5, 0.6) is 6.01 Å². The van der Waals surface area contributed by atoms with Crippen molar-refractivity contribution in [2.45, 2.75) is 81.0 Å². The van der Waals surface area contributed by atoms with Crippen LogP contribution in [0.4, 0.5) is 15.9 Å². The van der Waals surface area contributed by atoms with Gasteiger partial charge in [0.2, 0.25) is 0 Å². The van der Waals surface area contributed by atoms with E-state index in [0.717, 1.165) is 77.8 Å².